The Bertz CT molecular complexity index is 1470. The van der Waals surface area contributed by atoms with Gasteiger partial charge in [-0.05, 0) is 67.4 Å². The number of nitrogen functional groups attached to an aromatic ring is 1. The summed E-state index contributed by atoms with van der Waals surface area (Å²) >= 11 is 0. The van der Waals surface area contributed by atoms with Gasteiger partial charge >= 0.3 is 0 Å². The Morgan fingerprint density at radius 2 is 1.79 bits per heavy atom. The molecule has 1 aliphatic rings. The smallest absolute Gasteiger partial charge is 0.280 e. The topological polar surface area (TPSA) is 124 Å². The molecule has 1 fully saturated rings. The number of rotatable bonds is 8. The molecule has 3 N–H and O–H groups in total. The molecule has 5 rings (SSSR count). The van der Waals surface area contributed by atoms with Crippen LogP contribution in [0.3, 0.4) is 0 Å². The second-order valence-corrected chi connectivity index (χ2v) is 8.82. The van der Waals surface area contributed by atoms with Gasteiger partial charge in [0.25, 0.3) is 6.43 Å². The van der Waals surface area contributed by atoms with Crippen molar-refractivity contribution in [1.29, 1.82) is 0 Å². The molecule has 0 bridgehead atoms. The fourth-order valence-corrected chi connectivity index (χ4v) is 4.22. The van der Waals surface area contributed by atoms with Gasteiger partial charge in [-0.3, -0.25) is 9.97 Å². The minimum absolute atomic E-state index is 0.00436. The highest BCUT2D eigenvalue weighted by molar-refractivity contribution is 5.85. The van der Waals surface area contributed by atoms with Crippen LogP contribution >= 0.6 is 0 Å². The van der Waals surface area contributed by atoms with Crippen molar-refractivity contribution in [3.05, 3.63) is 83.2 Å². The fourth-order valence-electron chi connectivity index (χ4n) is 4.22. The highest BCUT2D eigenvalue weighted by Gasteiger charge is 2.39. The van der Waals surface area contributed by atoms with Crippen molar-refractivity contribution >= 4 is 12.2 Å². The van der Waals surface area contributed by atoms with Crippen LogP contribution in [0.5, 0.6) is 5.88 Å². The third kappa shape index (κ3) is 6.37. The number of aryl methyl sites for hydroxylation is 1. The summed E-state index contributed by atoms with van der Waals surface area (Å²) < 4.78 is 46.9. The summed E-state index contributed by atoms with van der Waals surface area (Å²) in [6.07, 6.45) is -1.09. The number of nitrogens with two attached hydrogens (primary N) is 1. The van der Waals surface area contributed by atoms with Gasteiger partial charge in [-0.25, -0.2) is 18.2 Å². The summed E-state index contributed by atoms with van der Waals surface area (Å²) in [4.78, 5) is 28.2. The van der Waals surface area contributed by atoms with Crippen LogP contribution < -0.4 is 10.5 Å². The number of aldehydes is 1. The molecule has 0 saturated heterocycles. The molecule has 0 aliphatic heterocycles. The van der Waals surface area contributed by atoms with Crippen molar-refractivity contribution in [2.24, 2.45) is 5.92 Å². The Morgan fingerprint density at radius 1 is 1.05 bits per heavy atom. The van der Waals surface area contributed by atoms with Crippen molar-refractivity contribution in [3.63, 3.8) is 0 Å². The number of halogens is 3. The van der Waals surface area contributed by atoms with Crippen molar-refractivity contribution in [2.45, 2.75) is 32.3 Å². The lowest BCUT2D eigenvalue weighted by Crippen LogP contribution is -2.07. The summed E-state index contributed by atoms with van der Waals surface area (Å²) in [7, 11) is 1.00. The van der Waals surface area contributed by atoms with Gasteiger partial charge in [-0.15, -0.1) is 0 Å². The summed E-state index contributed by atoms with van der Waals surface area (Å²) in [5.74, 6) is -0.412. The molecule has 0 radical (unpaired) electrons. The second kappa shape index (κ2) is 12.0. The number of aliphatic hydroxyl groups is 1. The van der Waals surface area contributed by atoms with Crippen molar-refractivity contribution in [1.82, 2.24) is 19.9 Å². The van der Waals surface area contributed by atoms with Gasteiger partial charge in [0.15, 0.2) is 0 Å². The monoisotopic (exact) mass is 537 g/mol. The molecule has 8 nitrogen and oxygen atoms in total. The zero-order valence-electron chi connectivity index (χ0n) is 21.2. The molecule has 3 heterocycles. The van der Waals surface area contributed by atoms with Crippen LogP contribution in [0.4, 0.5) is 19.1 Å². The summed E-state index contributed by atoms with van der Waals surface area (Å²) in [6.45, 7) is 1.61. The lowest BCUT2D eigenvalue weighted by molar-refractivity contribution is -0.108. The minimum Gasteiger partial charge on any atom is -0.471 e. The van der Waals surface area contributed by atoms with Gasteiger partial charge in [0.1, 0.15) is 24.4 Å². The van der Waals surface area contributed by atoms with Gasteiger partial charge in [-0.1, -0.05) is 6.07 Å². The number of anilines is 1. The van der Waals surface area contributed by atoms with Gasteiger partial charge in [0, 0.05) is 35.9 Å². The van der Waals surface area contributed by atoms with Crippen molar-refractivity contribution < 1.29 is 27.8 Å². The van der Waals surface area contributed by atoms with Gasteiger partial charge < -0.3 is 20.4 Å². The number of ether oxygens (including phenoxy) is 1. The molecule has 3 aromatic heterocycles. The highest BCUT2D eigenvalue weighted by atomic mass is 19.3. The molecule has 1 saturated carbocycles. The van der Waals surface area contributed by atoms with Gasteiger partial charge in [0.05, 0.1) is 17.0 Å². The molecule has 4 aromatic rings. The van der Waals surface area contributed by atoms with Crippen molar-refractivity contribution in [3.8, 4) is 28.3 Å². The molecule has 2 unspecified atom stereocenters. The van der Waals surface area contributed by atoms with Crippen LogP contribution in [-0.2, 0) is 11.4 Å². The molecule has 0 amide bonds. The first-order valence-electron chi connectivity index (χ1n) is 12.0. The third-order valence-electron chi connectivity index (χ3n) is 6.08. The number of hydrogen-bond donors (Lipinski definition) is 2. The standard InChI is InChI=1S/C27H22F3N5O2.CH4O/c1-14-9-16(11-22(32-14)25(29)30)23-24(15-5-7-18(28)8-6-15)34-27(31)35-26(23)37-13-19-3-2-4-21(33-19)20-10-17(20)12-36;1-2/h2-9,11-12,17,20,25H,10,13H2,1H3,(H2,31,34,35);2H,1H3. The van der Waals surface area contributed by atoms with Crippen LogP contribution in [-0.4, -0.2) is 38.4 Å². The Balaban J connectivity index is 0.00000172. The van der Waals surface area contributed by atoms with E-state index in [2.05, 4.69) is 19.9 Å². The Morgan fingerprint density at radius 3 is 2.46 bits per heavy atom. The van der Waals surface area contributed by atoms with E-state index in [-0.39, 0.29) is 30.3 Å². The van der Waals surface area contributed by atoms with E-state index < -0.39 is 17.9 Å². The van der Waals surface area contributed by atoms with Crippen LogP contribution in [0, 0.1) is 18.7 Å². The predicted molar refractivity (Wildman–Crippen MR) is 138 cm³/mol. The summed E-state index contributed by atoms with van der Waals surface area (Å²) in [5.41, 5.74) is 8.81. The maximum absolute atomic E-state index is 13.6. The molecule has 2 atom stereocenters. The first-order valence-corrected chi connectivity index (χ1v) is 12.0. The second-order valence-electron chi connectivity index (χ2n) is 8.82. The zero-order chi connectivity index (χ0) is 28.1. The maximum Gasteiger partial charge on any atom is 0.280 e. The average Bonchev–Trinajstić information content (AvgIpc) is 3.73. The molecule has 39 heavy (non-hydrogen) atoms. The Kier molecular flexibility index (Phi) is 8.50. The van der Waals surface area contributed by atoms with Crippen LogP contribution in [0.1, 0.15) is 41.5 Å². The van der Waals surface area contributed by atoms with E-state index in [0.29, 0.717) is 33.8 Å². The number of hydrogen-bond acceptors (Lipinski definition) is 8. The first-order chi connectivity index (χ1) is 18.8. The number of aromatic nitrogens is 4. The maximum atomic E-state index is 13.6. The van der Waals surface area contributed by atoms with E-state index >= 15 is 0 Å². The lowest BCUT2D eigenvalue weighted by Gasteiger charge is -2.16. The predicted octanol–water partition coefficient (Wildman–Crippen LogP) is 5.06. The Labute approximate surface area is 222 Å². The normalized spacial score (nSPS) is 15.9. The van der Waals surface area contributed by atoms with Crippen molar-refractivity contribution in [2.75, 3.05) is 12.8 Å². The van der Waals surface area contributed by atoms with E-state index in [1.54, 1.807) is 19.1 Å². The first kappa shape index (κ1) is 27.6. The molecule has 1 aromatic carbocycles. The quantitative estimate of drug-likeness (QED) is 0.299. The lowest BCUT2D eigenvalue weighted by atomic mass is 9.99. The number of carbonyl (C=O) groups is 1. The number of carbonyl (C=O) groups excluding carboxylic acids is 1. The van der Waals surface area contributed by atoms with E-state index in [0.717, 1.165) is 25.5 Å². The highest BCUT2D eigenvalue weighted by Crippen LogP contribution is 2.45. The number of pyridine rings is 2. The van der Waals surface area contributed by atoms with Crippen LogP contribution in [0.2, 0.25) is 0 Å². The average molecular weight is 538 g/mol. The van der Waals surface area contributed by atoms with E-state index in [1.807, 2.05) is 12.1 Å². The molecular formula is C28H26F3N5O3. The molecule has 202 valence electrons. The van der Waals surface area contributed by atoms with E-state index in [1.165, 1.54) is 30.3 Å². The van der Waals surface area contributed by atoms with E-state index in [9.17, 15) is 18.0 Å². The largest absolute Gasteiger partial charge is 0.471 e. The number of nitrogens with zero attached hydrogens (tertiary/aromatic N) is 4. The SMILES string of the molecule is CO.Cc1cc(-c2c(OCc3cccc(C4CC4C=O)n3)nc(N)nc2-c2ccc(F)cc2)cc(C(F)F)n1. The van der Waals surface area contributed by atoms with Crippen LogP contribution in [0.15, 0.2) is 54.6 Å². The molecule has 11 heteroatoms. The molecule has 1 aliphatic carbocycles. The van der Waals surface area contributed by atoms with Gasteiger partial charge in [0.2, 0.25) is 11.8 Å². The number of benzene rings is 1. The summed E-state index contributed by atoms with van der Waals surface area (Å²) in [5, 5.41) is 7.00. The van der Waals surface area contributed by atoms with Crippen LogP contribution in [0.25, 0.3) is 22.4 Å². The minimum atomic E-state index is -2.79. The summed E-state index contributed by atoms with van der Waals surface area (Å²) in [6, 6.07) is 13.9. The zero-order valence-corrected chi connectivity index (χ0v) is 21.2. The molecular weight excluding hydrogens is 511 g/mol. The fraction of sp³-hybridized carbons (Fsp3) is 0.250. The molecule has 0 spiro atoms. The van der Waals surface area contributed by atoms with E-state index in [4.69, 9.17) is 15.6 Å². The third-order valence-corrected chi connectivity index (χ3v) is 6.08. The number of aliphatic hydroxyl groups excluding tert-OH is 1. The Hall–Kier alpha value is -4.38. The number of alkyl halides is 2. The van der Waals surface area contributed by atoms with Gasteiger partial charge in [-0.2, -0.15) is 4.98 Å².